The molecule has 2 unspecified atom stereocenters. The van der Waals surface area contributed by atoms with Crippen molar-refractivity contribution < 1.29 is 56.0 Å². The van der Waals surface area contributed by atoms with Crippen LogP contribution in [0.25, 0.3) is 0 Å². The van der Waals surface area contributed by atoms with E-state index in [1.54, 1.807) is 16.7 Å². The lowest BCUT2D eigenvalue weighted by Crippen LogP contribution is -2.55. The molecule has 1 aliphatic carbocycles. The highest BCUT2D eigenvalue weighted by molar-refractivity contribution is 7.99. The Morgan fingerprint density at radius 1 is 0.965 bits per heavy atom. The Morgan fingerprint density at radius 2 is 1.67 bits per heavy atom. The minimum absolute atomic E-state index is 0.133. The quantitative estimate of drug-likeness (QED) is 0.0990. The van der Waals surface area contributed by atoms with Gasteiger partial charge in [0.25, 0.3) is 5.91 Å². The number of aliphatic carboxylic acids is 1. The molecule has 4 heterocycles. The van der Waals surface area contributed by atoms with E-state index in [1.807, 2.05) is 31.2 Å². The summed E-state index contributed by atoms with van der Waals surface area (Å²) >= 11 is 2.10. The molecule has 0 radical (unpaired) electrons. The molecule has 2 aromatic heterocycles. The molecule has 9 nitrogen and oxygen atoms in total. The van der Waals surface area contributed by atoms with Gasteiger partial charge >= 0.3 is 18.3 Å². The molecule has 3 aromatic rings. The highest BCUT2D eigenvalue weighted by atomic mass is 32.2. The van der Waals surface area contributed by atoms with Gasteiger partial charge in [0.15, 0.2) is 0 Å². The van der Waals surface area contributed by atoms with Crippen LogP contribution in [0.1, 0.15) is 104 Å². The molecular formula is C40H47F6N3O6S2. The molecule has 1 aromatic carbocycles. The number of hydrogen-bond acceptors (Lipinski definition) is 8. The number of pyridine rings is 1. The van der Waals surface area contributed by atoms with E-state index in [9.17, 15) is 50.9 Å². The van der Waals surface area contributed by atoms with Crippen LogP contribution in [-0.4, -0.2) is 79.3 Å². The zero-order chi connectivity index (χ0) is 41.6. The van der Waals surface area contributed by atoms with Gasteiger partial charge in [-0.3, -0.25) is 19.4 Å². The maximum absolute atomic E-state index is 14.0. The van der Waals surface area contributed by atoms with Crippen molar-refractivity contribution in [2.24, 2.45) is 11.3 Å². The fraction of sp³-hybridized carbons (Fsp3) is 0.550. The zero-order valence-electron chi connectivity index (χ0n) is 31.4. The van der Waals surface area contributed by atoms with E-state index in [0.717, 1.165) is 59.4 Å². The Morgan fingerprint density at radius 3 is 2.23 bits per heavy atom. The van der Waals surface area contributed by atoms with Crippen LogP contribution in [0.4, 0.5) is 26.3 Å². The molecule has 57 heavy (non-hydrogen) atoms. The van der Waals surface area contributed by atoms with Gasteiger partial charge in [0.1, 0.15) is 16.3 Å². The van der Waals surface area contributed by atoms with Gasteiger partial charge in [0.2, 0.25) is 5.91 Å². The number of aromatic nitrogens is 1. The molecule has 1 saturated carbocycles. The molecule has 3 aliphatic rings. The molecular weight excluding hydrogens is 797 g/mol. The molecule has 2 atom stereocenters. The molecule has 3 fully saturated rings. The first-order valence-corrected chi connectivity index (χ1v) is 20.9. The van der Waals surface area contributed by atoms with Crippen molar-refractivity contribution in [2.75, 3.05) is 25.4 Å². The minimum Gasteiger partial charge on any atom is -0.507 e. The normalized spacial score (nSPS) is 20.6. The van der Waals surface area contributed by atoms with Crippen LogP contribution in [-0.2, 0) is 27.5 Å². The van der Waals surface area contributed by atoms with Crippen molar-refractivity contribution in [3.05, 3.63) is 75.7 Å². The lowest BCUT2D eigenvalue weighted by molar-refractivity contribution is -0.155. The Hall–Kier alpha value is -3.83. The van der Waals surface area contributed by atoms with E-state index in [1.165, 1.54) is 11.1 Å². The van der Waals surface area contributed by atoms with Gasteiger partial charge in [-0.25, -0.2) is 0 Å². The van der Waals surface area contributed by atoms with Crippen LogP contribution in [0.5, 0.6) is 5.75 Å². The molecule has 6 rings (SSSR count). The van der Waals surface area contributed by atoms with Gasteiger partial charge in [-0.05, 0) is 87.3 Å². The highest BCUT2D eigenvalue weighted by Gasteiger charge is 2.46. The van der Waals surface area contributed by atoms with Gasteiger partial charge in [0, 0.05) is 48.2 Å². The smallest absolute Gasteiger partial charge is 0.425 e. The first-order valence-electron chi connectivity index (χ1n) is 19.0. The van der Waals surface area contributed by atoms with Gasteiger partial charge in [-0.2, -0.15) is 26.3 Å². The van der Waals surface area contributed by atoms with E-state index in [-0.39, 0.29) is 18.2 Å². The number of carboxylic acids is 1. The molecule has 312 valence electrons. The number of thioether (sulfide) groups is 1. The van der Waals surface area contributed by atoms with Crippen LogP contribution < -0.4 is 0 Å². The number of aromatic hydroxyl groups is 1. The fourth-order valence-corrected chi connectivity index (χ4v) is 9.75. The van der Waals surface area contributed by atoms with E-state index in [2.05, 4.69) is 4.98 Å². The number of hydrogen-bond donors (Lipinski definition) is 3. The second-order valence-electron chi connectivity index (χ2n) is 14.9. The monoisotopic (exact) mass is 843 g/mol. The number of aliphatic hydroxyl groups is 1. The third kappa shape index (κ3) is 10.4. The molecule has 2 aliphatic heterocycles. The topological polar surface area (TPSA) is 131 Å². The van der Waals surface area contributed by atoms with Crippen molar-refractivity contribution in [1.29, 1.82) is 0 Å². The summed E-state index contributed by atoms with van der Waals surface area (Å²) in [6.07, 6.45) is -1.23. The van der Waals surface area contributed by atoms with Crippen LogP contribution in [0.3, 0.4) is 0 Å². The maximum Gasteiger partial charge on any atom is 0.425 e. The number of benzene rings is 1. The summed E-state index contributed by atoms with van der Waals surface area (Å²) < 4.78 is 76.3. The molecule has 2 amide bonds. The van der Waals surface area contributed by atoms with Crippen molar-refractivity contribution in [1.82, 2.24) is 14.8 Å². The number of likely N-dealkylation sites (tertiary alicyclic amines) is 2. The maximum atomic E-state index is 14.0. The fourth-order valence-electron chi connectivity index (χ4n) is 8.01. The summed E-state index contributed by atoms with van der Waals surface area (Å²) in [5, 5.41) is 31.0. The number of thiophene rings is 1. The number of halogens is 6. The van der Waals surface area contributed by atoms with Crippen LogP contribution in [0.15, 0.2) is 58.9 Å². The minimum atomic E-state index is -4.73. The molecule has 17 heteroatoms. The highest BCUT2D eigenvalue weighted by Crippen LogP contribution is 2.46. The standard InChI is InChI=1S/C35H44F3N3O5S.C5H3F3OS/c1-2-9-27-24(10-6-20-41(27)31(43)29-26(35(36,37)38)12-5-19-39-29)30(42)40-21-17-34(46,18-22-40)25-11-3-4-13-28(25)47-23-8-16-33(32(44)45)14-7-15-33;6-5(7,8)4-1-3(9)2-10-4/h3-5,11-13,19,24,27,46H,2,6-10,14-18,20-23H2,1H3,(H,44,45);1-2,9H. The summed E-state index contributed by atoms with van der Waals surface area (Å²) in [5.74, 6) is -1.79. The molecule has 0 bridgehead atoms. The Bertz CT molecular complexity index is 1860. The molecule has 3 N–H and O–H groups in total. The van der Waals surface area contributed by atoms with E-state index < -0.39 is 63.3 Å². The lowest BCUT2D eigenvalue weighted by atomic mass is 9.66. The van der Waals surface area contributed by atoms with Crippen molar-refractivity contribution in [2.45, 2.75) is 106 Å². The summed E-state index contributed by atoms with van der Waals surface area (Å²) in [6.45, 7) is 2.82. The Balaban J connectivity index is 0.000000540. The van der Waals surface area contributed by atoms with E-state index in [0.29, 0.717) is 75.4 Å². The Kier molecular flexibility index (Phi) is 14.3. The average Bonchev–Trinajstić information content (AvgIpc) is 3.61. The molecule has 0 spiro atoms. The van der Waals surface area contributed by atoms with Gasteiger partial charge < -0.3 is 25.1 Å². The number of carbonyl (C=O) groups excluding carboxylic acids is 2. The third-order valence-electron chi connectivity index (χ3n) is 11.2. The van der Waals surface area contributed by atoms with Crippen LogP contribution in [0.2, 0.25) is 0 Å². The number of carboxylic acid groups (broad SMARTS) is 1. The summed E-state index contributed by atoms with van der Waals surface area (Å²) in [5.41, 5.74) is -2.63. The predicted molar refractivity (Wildman–Crippen MR) is 203 cm³/mol. The number of amides is 2. The summed E-state index contributed by atoms with van der Waals surface area (Å²) in [7, 11) is 0. The zero-order valence-corrected chi connectivity index (χ0v) is 33.1. The second kappa shape index (κ2) is 18.4. The van der Waals surface area contributed by atoms with Crippen LogP contribution in [0, 0.1) is 11.3 Å². The van der Waals surface area contributed by atoms with Gasteiger partial charge in [0.05, 0.1) is 22.5 Å². The van der Waals surface area contributed by atoms with E-state index in [4.69, 9.17) is 5.11 Å². The summed E-state index contributed by atoms with van der Waals surface area (Å²) in [4.78, 5) is 46.4. The van der Waals surface area contributed by atoms with Crippen molar-refractivity contribution >= 4 is 40.9 Å². The second-order valence-corrected chi connectivity index (χ2v) is 17.0. The third-order valence-corrected chi connectivity index (χ3v) is 13.4. The molecule has 2 saturated heterocycles. The van der Waals surface area contributed by atoms with Crippen molar-refractivity contribution in [3.63, 3.8) is 0 Å². The number of carbonyl (C=O) groups is 3. The number of piperidine rings is 2. The SMILES string of the molecule is CCCC1C(C(=O)N2CCC(O)(c3ccccc3SCCCC3(C(=O)O)CCC3)CC2)CCCN1C(=O)c1ncccc1C(F)(F)F.Oc1csc(C(F)(F)F)c1. The van der Waals surface area contributed by atoms with Crippen molar-refractivity contribution in [3.8, 4) is 5.75 Å². The lowest BCUT2D eigenvalue weighted by Gasteiger charge is -2.45. The number of nitrogens with zero attached hydrogens (tertiary/aromatic N) is 3. The summed E-state index contributed by atoms with van der Waals surface area (Å²) in [6, 6.07) is 9.87. The van der Waals surface area contributed by atoms with Crippen LogP contribution >= 0.6 is 23.1 Å². The van der Waals surface area contributed by atoms with Gasteiger partial charge in [-0.15, -0.1) is 23.1 Å². The first-order chi connectivity index (χ1) is 26.9. The predicted octanol–water partition coefficient (Wildman–Crippen LogP) is 9.23. The number of rotatable bonds is 11. The average molecular weight is 844 g/mol. The largest absolute Gasteiger partial charge is 0.507 e. The van der Waals surface area contributed by atoms with Gasteiger partial charge in [-0.1, -0.05) is 38.0 Å². The Labute approximate surface area is 335 Å². The van der Waals surface area contributed by atoms with E-state index >= 15 is 0 Å². The first kappa shape index (κ1) is 44.3. The number of alkyl halides is 6.